The largest absolute Gasteiger partial charge is 0.480 e. The van der Waals surface area contributed by atoms with Gasteiger partial charge in [0.2, 0.25) is 5.88 Å². The fraction of sp³-hybridized carbons (Fsp3) is 0.167. The van der Waals surface area contributed by atoms with Gasteiger partial charge in [-0.05, 0) is 30.7 Å². The minimum Gasteiger partial charge on any atom is -0.480 e. The van der Waals surface area contributed by atoms with Gasteiger partial charge in [-0.15, -0.1) is 0 Å². The summed E-state index contributed by atoms with van der Waals surface area (Å²) in [5, 5.41) is 9.43. The topological polar surface area (TPSA) is 59.4 Å². The summed E-state index contributed by atoms with van der Waals surface area (Å²) in [4.78, 5) is 15.1. The lowest BCUT2D eigenvalue weighted by Gasteiger charge is -2.07. The summed E-state index contributed by atoms with van der Waals surface area (Å²) in [6.07, 6.45) is 0. The van der Waals surface area contributed by atoms with Crippen LogP contribution >= 0.6 is 0 Å². The maximum absolute atomic E-state index is 13.2. The SMILES string of the molecule is COc1nc2c(C)cc(F)cc2cc1C(=O)O. The van der Waals surface area contributed by atoms with Crippen molar-refractivity contribution in [2.24, 2.45) is 0 Å². The van der Waals surface area contributed by atoms with Gasteiger partial charge in [-0.25, -0.2) is 14.2 Å². The van der Waals surface area contributed by atoms with Crippen LogP contribution in [0.25, 0.3) is 10.9 Å². The number of hydrogen-bond acceptors (Lipinski definition) is 3. The molecule has 4 nitrogen and oxygen atoms in total. The molecule has 0 radical (unpaired) electrons. The predicted molar refractivity (Wildman–Crippen MR) is 59.9 cm³/mol. The maximum atomic E-state index is 13.2. The Morgan fingerprint density at radius 2 is 2.12 bits per heavy atom. The van der Waals surface area contributed by atoms with Crippen molar-refractivity contribution < 1.29 is 19.0 Å². The first kappa shape index (κ1) is 11.3. The third-order valence-electron chi connectivity index (χ3n) is 2.46. The van der Waals surface area contributed by atoms with Crippen LogP contribution in [0.15, 0.2) is 18.2 Å². The van der Waals surface area contributed by atoms with Gasteiger partial charge in [-0.3, -0.25) is 0 Å². The highest BCUT2D eigenvalue weighted by Gasteiger charge is 2.15. The lowest BCUT2D eigenvalue weighted by atomic mass is 10.1. The molecular formula is C12H10FNO3. The summed E-state index contributed by atoms with van der Waals surface area (Å²) < 4.78 is 18.1. The molecule has 0 spiro atoms. The van der Waals surface area contributed by atoms with Crippen molar-refractivity contribution in [1.82, 2.24) is 4.98 Å². The Morgan fingerprint density at radius 1 is 1.41 bits per heavy atom. The monoisotopic (exact) mass is 235 g/mol. The molecular weight excluding hydrogens is 225 g/mol. The van der Waals surface area contributed by atoms with Crippen molar-refractivity contribution >= 4 is 16.9 Å². The Labute approximate surface area is 96.7 Å². The number of hydrogen-bond donors (Lipinski definition) is 1. The smallest absolute Gasteiger partial charge is 0.341 e. The van der Waals surface area contributed by atoms with Gasteiger partial charge in [0.25, 0.3) is 0 Å². The van der Waals surface area contributed by atoms with Gasteiger partial charge in [0.1, 0.15) is 11.4 Å². The molecule has 1 aromatic heterocycles. The van der Waals surface area contributed by atoms with Gasteiger partial charge in [0.15, 0.2) is 0 Å². The minimum absolute atomic E-state index is 0.0275. The first-order chi connectivity index (χ1) is 8.02. The van der Waals surface area contributed by atoms with Crippen LogP contribution in [0.1, 0.15) is 15.9 Å². The number of aromatic carboxylic acids is 1. The average molecular weight is 235 g/mol. The van der Waals surface area contributed by atoms with Gasteiger partial charge in [-0.1, -0.05) is 0 Å². The zero-order chi connectivity index (χ0) is 12.6. The second-order valence-corrected chi connectivity index (χ2v) is 3.64. The summed E-state index contributed by atoms with van der Waals surface area (Å²) in [6.45, 7) is 1.71. The molecule has 1 N–H and O–H groups in total. The molecule has 5 heteroatoms. The minimum atomic E-state index is -1.15. The highest BCUT2D eigenvalue weighted by Crippen LogP contribution is 2.25. The maximum Gasteiger partial charge on any atom is 0.341 e. The van der Waals surface area contributed by atoms with Gasteiger partial charge in [0.05, 0.1) is 12.6 Å². The Kier molecular flexibility index (Phi) is 2.67. The van der Waals surface area contributed by atoms with Crippen molar-refractivity contribution in [3.8, 4) is 5.88 Å². The number of carboxylic acids is 1. The second kappa shape index (κ2) is 4.01. The average Bonchev–Trinajstić information content (AvgIpc) is 2.27. The van der Waals surface area contributed by atoms with E-state index in [0.29, 0.717) is 16.5 Å². The van der Waals surface area contributed by atoms with E-state index in [2.05, 4.69) is 4.98 Å². The molecule has 88 valence electrons. The number of methoxy groups -OCH3 is 1. The summed E-state index contributed by atoms with van der Waals surface area (Å²) in [5.41, 5.74) is 1.09. The lowest BCUT2D eigenvalue weighted by Crippen LogP contribution is -2.03. The quantitative estimate of drug-likeness (QED) is 0.868. The molecule has 1 aromatic carbocycles. The first-order valence-electron chi connectivity index (χ1n) is 4.91. The van der Waals surface area contributed by atoms with Crippen molar-refractivity contribution in [1.29, 1.82) is 0 Å². The Bertz CT molecular complexity index is 610. The van der Waals surface area contributed by atoms with Crippen LogP contribution in [0.4, 0.5) is 4.39 Å². The molecule has 0 unspecified atom stereocenters. The molecule has 0 atom stereocenters. The van der Waals surface area contributed by atoms with E-state index in [4.69, 9.17) is 9.84 Å². The fourth-order valence-electron chi connectivity index (χ4n) is 1.71. The summed E-state index contributed by atoms with van der Waals surface area (Å²) in [5.74, 6) is -1.55. The van der Waals surface area contributed by atoms with Crippen LogP contribution in [-0.4, -0.2) is 23.2 Å². The molecule has 0 saturated carbocycles. The van der Waals surface area contributed by atoms with Gasteiger partial charge in [-0.2, -0.15) is 0 Å². The summed E-state index contributed by atoms with van der Waals surface area (Å²) in [7, 11) is 1.35. The fourth-order valence-corrected chi connectivity index (χ4v) is 1.71. The molecule has 2 rings (SSSR count). The van der Waals surface area contributed by atoms with E-state index < -0.39 is 11.8 Å². The third kappa shape index (κ3) is 1.91. The molecule has 0 aliphatic rings. The number of carboxylic acid groups (broad SMARTS) is 1. The number of benzene rings is 1. The summed E-state index contributed by atoms with van der Waals surface area (Å²) in [6, 6.07) is 3.95. The normalized spacial score (nSPS) is 10.5. The number of aromatic nitrogens is 1. The van der Waals surface area contributed by atoms with Crippen molar-refractivity contribution in [2.45, 2.75) is 6.92 Å². The molecule has 0 fully saturated rings. The number of ether oxygens (including phenoxy) is 1. The third-order valence-corrected chi connectivity index (χ3v) is 2.46. The summed E-state index contributed by atoms with van der Waals surface area (Å²) >= 11 is 0. The molecule has 0 aliphatic carbocycles. The van der Waals surface area contributed by atoms with E-state index in [1.165, 1.54) is 25.3 Å². The molecule has 0 bridgehead atoms. The van der Waals surface area contributed by atoms with Crippen molar-refractivity contribution in [2.75, 3.05) is 7.11 Å². The molecule has 1 heterocycles. The molecule has 0 amide bonds. The van der Waals surface area contributed by atoms with E-state index in [-0.39, 0.29) is 11.4 Å². The Hall–Kier alpha value is -2.17. The van der Waals surface area contributed by atoms with Crippen LogP contribution in [0.2, 0.25) is 0 Å². The van der Waals surface area contributed by atoms with Gasteiger partial charge < -0.3 is 9.84 Å². The van der Waals surface area contributed by atoms with Crippen LogP contribution < -0.4 is 4.74 Å². The lowest BCUT2D eigenvalue weighted by molar-refractivity contribution is 0.0692. The number of pyridine rings is 1. The number of fused-ring (bicyclic) bond motifs is 1. The van der Waals surface area contributed by atoms with Crippen LogP contribution in [0, 0.1) is 12.7 Å². The van der Waals surface area contributed by atoms with E-state index in [9.17, 15) is 9.18 Å². The standard InChI is InChI=1S/C12H10FNO3/c1-6-3-8(13)4-7-5-9(12(15)16)11(17-2)14-10(6)7/h3-5H,1-2H3,(H,15,16). The van der Waals surface area contributed by atoms with E-state index in [1.807, 2.05) is 0 Å². The predicted octanol–water partition coefficient (Wildman–Crippen LogP) is 2.39. The highest BCUT2D eigenvalue weighted by atomic mass is 19.1. The second-order valence-electron chi connectivity index (χ2n) is 3.64. The number of halogens is 1. The van der Waals surface area contributed by atoms with Crippen LogP contribution in [-0.2, 0) is 0 Å². The molecule has 2 aromatic rings. The molecule has 17 heavy (non-hydrogen) atoms. The number of aryl methyl sites for hydroxylation is 1. The zero-order valence-corrected chi connectivity index (χ0v) is 9.32. The Balaban J connectivity index is 2.83. The Morgan fingerprint density at radius 3 is 2.71 bits per heavy atom. The van der Waals surface area contributed by atoms with E-state index in [0.717, 1.165) is 0 Å². The van der Waals surface area contributed by atoms with Gasteiger partial charge >= 0.3 is 5.97 Å². The van der Waals surface area contributed by atoms with Crippen LogP contribution in [0.3, 0.4) is 0 Å². The van der Waals surface area contributed by atoms with Crippen molar-refractivity contribution in [3.63, 3.8) is 0 Å². The van der Waals surface area contributed by atoms with Gasteiger partial charge in [0, 0.05) is 5.39 Å². The van der Waals surface area contributed by atoms with E-state index in [1.54, 1.807) is 6.92 Å². The van der Waals surface area contributed by atoms with Crippen LogP contribution in [0.5, 0.6) is 5.88 Å². The highest BCUT2D eigenvalue weighted by molar-refractivity contribution is 5.96. The van der Waals surface area contributed by atoms with E-state index >= 15 is 0 Å². The molecule has 0 saturated heterocycles. The number of carbonyl (C=O) groups is 1. The van der Waals surface area contributed by atoms with Crippen molar-refractivity contribution in [3.05, 3.63) is 35.1 Å². The molecule has 0 aliphatic heterocycles. The number of rotatable bonds is 2. The number of nitrogens with zero attached hydrogens (tertiary/aromatic N) is 1. The zero-order valence-electron chi connectivity index (χ0n) is 9.32. The first-order valence-corrected chi connectivity index (χ1v) is 4.91.